The molecule has 4 aliphatic heterocycles. The number of nitrogens with one attached hydrogen (secondary N) is 4. The first-order valence-corrected chi connectivity index (χ1v) is 29.0. The molecule has 12 rings (SSSR count). The number of piperazine rings is 2. The van der Waals surface area contributed by atoms with Crippen molar-refractivity contribution in [3.05, 3.63) is 61.2 Å². The number of benzene rings is 2. The van der Waals surface area contributed by atoms with Crippen LogP contribution in [0.4, 0.5) is 46.3 Å². The van der Waals surface area contributed by atoms with E-state index in [4.69, 9.17) is 49.2 Å². The summed E-state index contributed by atoms with van der Waals surface area (Å²) in [4.78, 5) is 60.4. The van der Waals surface area contributed by atoms with Gasteiger partial charge >= 0.3 is 30.8 Å². The first kappa shape index (κ1) is 59.3. The number of anilines is 8. The summed E-state index contributed by atoms with van der Waals surface area (Å²) in [5, 5.41) is 23.3. The summed E-state index contributed by atoms with van der Waals surface area (Å²) in [5.41, 5.74) is 7.29. The molecule has 430 valence electrons. The monoisotopic (exact) mass is 1110 g/mol. The van der Waals surface area contributed by atoms with Gasteiger partial charge in [0, 0.05) is 100 Å². The Balaban J connectivity index is 0.000000191. The number of carboxylic acids is 1. The molecule has 0 spiro atoms. The van der Waals surface area contributed by atoms with Crippen LogP contribution in [-0.4, -0.2) is 169 Å². The van der Waals surface area contributed by atoms with Crippen LogP contribution >= 0.6 is 0 Å². The van der Waals surface area contributed by atoms with Gasteiger partial charge in [-0.2, -0.15) is 19.9 Å². The van der Waals surface area contributed by atoms with Gasteiger partial charge < -0.3 is 55.9 Å². The second-order valence-electron chi connectivity index (χ2n) is 21.9. The van der Waals surface area contributed by atoms with Gasteiger partial charge in [0.25, 0.3) is 0 Å². The predicted molar refractivity (Wildman–Crippen MR) is 308 cm³/mol. The van der Waals surface area contributed by atoms with Gasteiger partial charge in [-0.05, 0) is 113 Å². The van der Waals surface area contributed by atoms with E-state index >= 15 is 0 Å². The molecule has 0 radical (unpaired) electrons. The Morgan fingerprint density at radius 2 is 0.963 bits per heavy atom. The van der Waals surface area contributed by atoms with Crippen LogP contribution in [0.15, 0.2) is 61.2 Å². The summed E-state index contributed by atoms with van der Waals surface area (Å²) in [5.74, 6) is 1.69. The van der Waals surface area contributed by atoms with Gasteiger partial charge in [-0.25, -0.2) is 9.97 Å². The number of carbonyl (C=O) groups excluding carboxylic acids is 1. The van der Waals surface area contributed by atoms with Crippen LogP contribution in [-0.2, 0) is 23.8 Å². The van der Waals surface area contributed by atoms with Gasteiger partial charge in [0.05, 0.1) is 32.9 Å². The summed E-state index contributed by atoms with van der Waals surface area (Å²) in [6.07, 6.45) is 22.1. The Hall–Kier alpha value is -6.32. The van der Waals surface area contributed by atoms with E-state index < -0.39 is 5.97 Å². The molecule has 2 unspecified atom stereocenters. The number of aromatic nitrogens is 8. The van der Waals surface area contributed by atoms with Gasteiger partial charge in [-0.1, -0.05) is 38.5 Å². The van der Waals surface area contributed by atoms with E-state index in [1.165, 1.54) is 45.6 Å². The van der Waals surface area contributed by atoms with Crippen molar-refractivity contribution in [3.63, 3.8) is 0 Å². The average Bonchev–Trinajstić information content (AvgIpc) is 4.36. The van der Waals surface area contributed by atoms with E-state index in [9.17, 15) is 9.59 Å². The summed E-state index contributed by atoms with van der Waals surface area (Å²) >= 11 is 0. The maximum Gasteiger partial charge on any atom is 1.00 e. The Morgan fingerprint density at radius 3 is 1.35 bits per heavy atom. The zero-order valence-corrected chi connectivity index (χ0v) is 47.2. The quantitative estimate of drug-likeness (QED) is 0.0604. The molecule has 6 aliphatic rings. The minimum atomic E-state index is -0.773. The van der Waals surface area contributed by atoms with Gasteiger partial charge in [-0.15, -0.1) is 0 Å². The van der Waals surface area contributed by atoms with E-state index in [0.29, 0.717) is 30.5 Å². The molecular weight excluding hydrogens is 1030 g/mol. The fraction of sp³-hybridized carbons (Fsp3) is 0.579. The molecule has 6 fully saturated rings. The van der Waals surface area contributed by atoms with Gasteiger partial charge in [0.15, 0.2) is 34.0 Å². The number of methoxy groups -OCH3 is 1. The van der Waals surface area contributed by atoms with Gasteiger partial charge in [0.1, 0.15) is 12.5 Å². The number of nitrogens with zero attached hydrogens (tertiary/aromatic N) is 12. The van der Waals surface area contributed by atoms with Crippen molar-refractivity contribution in [1.29, 1.82) is 0 Å². The fourth-order valence-corrected chi connectivity index (χ4v) is 11.9. The minimum Gasteiger partial charge on any atom is -0.870 e. The van der Waals surface area contributed by atoms with Crippen LogP contribution in [0.3, 0.4) is 0 Å². The first-order chi connectivity index (χ1) is 38.8. The SMILES string of the molecule is COC(=O)CN1CCN(c2ccc(Nc3nc(NC4CCCCC4)c4ncn(C5CCCCO5)c4n3)cc2)CC1.O=C(O)CN1CCN(c2ccc(Nc3nc(NC4CCCCC4)c4ncn(C5CCCCO5)c4n3)cc2)CC1.[Li+].[OH-]. The maximum absolute atomic E-state index is 11.6. The Bertz CT molecular complexity index is 2940. The number of esters is 1. The number of carbonyl (C=O) groups is 2. The molecule has 0 bridgehead atoms. The molecule has 2 saturated carbocycles. The normalized spacial score (nSPS) is 20.6. The van der Waals surface area contributed by atoms with E-state index in [-0.39, 0.29) is 49.3 Å². The van der Waals surface area contributed by atoms with Crippen LogP contribution in [0.2, 0.25) is 0 Å². The Kier molecular flexibility index (Phi) is 20.9. The number of rotatable bonds is 16. The third-order valence-electron chi connectivity index (χ3n) is 16.3. The number of hydrogen-bond acceptors (Lipinski definition) is 20. The van der Waals surface area contributed by atoms with Crippen molar-refractivity contribution in [2.75, 3.05) is 117 Å². The van der Waals surface area contributed by atoms with Crippen molar-refractivity contribution in [1.82, 2.24) is 48.8 Å². The third kappa shape index (κ3) is 15.2. The van der Waals surface area contributed by atoms with Crippen LogP contribution in [0.25, 0.3) is 22.3 Å². The summed E-state index contributed by atoms with van der Waals surface area (Å²) in [6, 6.07) is 17.5. The molecule has 2 aromatic carbocycles. The smallest absolute Gasteiger partial charge is 0.870 e. The second-order valence-corrected chi connectivity index (χ2v) is 21.9. The average molecular weight is 1110 g/mol. The fourth-order valence-electron chi connectivity index (χ4n) is 11.9. The molecule has 24 heteroatoms. The summed E-state index contributed by atoms with van der Waals surface area (Å²) in [6.45, 7) is 8.48. The Morgan fingerprint density at radius 1 is 0.556 bits per heavy atom. The Labute approximate surface area is 485 Å². The van der Waals surface area contributed by atoms with Crippen molar-refractivity contribution in [2.24, 2.45) is 0 Å². The van der Waals surface area contributed by atoms with E-state index in [1.807, 2.05) is 29.7 Å². The number of imidazole rings is 2. The van der Waals surface area contributed by atoms with Crippen LogP contribution in [0, 0.1) is 0 Å². The van der Waals surface area contributed by atoms with Crippen LogP contribution in [0.5, 0.6) is 0 Å². The van der Waals surface area contributed by atoms with Crippen molar-refractivity contribution in [2.45, 2.75) is 127 Å². The molecule has 6 N–H and O–H groups in total. The molecule has 81 heavy (non-hydrogen) atoms. The number of hydrogen-bond donors (Lipinski definition) is 5. The van der Waals surface area contributed by atoms with Crippen molar-refractivity contribution in [3.8, 4) is 0 Å². The second kappa shape index (κ2) is 28.6. The minimum absolute atomic E-state index is 0. The summed E-state index contributed by atoms with van der Waals surface area (Å²) in [7, 11) is 1.44. The van der Waals surface area contributed by atoms with Gasteiger partial charge in [-0.3, -0.25) is 28.5 Å². The topological polar surface area (TPSA) is 260 Å². The molecule has 0 amide bonds. The standard InChI is InChI=1S/C29H40N8O3.C28H38N8O3.Li.H2O/c1-39-25(38)19-35-14-16-36(17-15-35)23-12-10-22(11-13-23)32-29-33-27(31-21-7-3-2-4-8-21)26-28(34-29)37(20-30-26)24-9-5-6-18-40-24;37-24(38)18-34-13-15-35(16-14-34)22-11-9-21(10-12-22)31-28-32-26(30-20-6-2-1-3-7-20)25-27(33-28)36(19-29-25)23-8-4-5-17-39-23;;/h10-13,20-21,24H,2-9,14-19H2,1H3,(H2,31,32,33,34);9-12,19-20,23H,1-8,13-18H2,(H,37,38)(H2,30,31,32,33);;1H2/q;;+1;/p-1. The van der Waals surface area contributed by atoms with E-state index in [0.717, 1.165) is 186 Å². The molecule has 23 nitrogen and oxygen atoms in total. The van der Waals surface area contributed by atoms with Crippen molar-refractivity contribution < 1.29 is 53.2 Å². The van der Waals surface area contributed by atoms with E-state index in [2.05, 4.69) is 81.5 Å². The molecular formula is C57H79LiN16O7. The molecule has 6 aromatic rings. The number of carboxylic acid groups (broad SMARTS) is 1. The third-order valence-corrected chi connectivity index (χ3v) is 16.3. The molecule has 4 aromatic heterocycles. The van der Waals surface area contributed by atoms with Crippen LogP contribution in [0.1, 0.15) is 115 Å². The summed E-state index contributed by atoms with van der Waals surface area (Å²) < 4.78 is 21.1. The number of ether oxygens (including phenoxy) is 3. The van der Waals surface area contributed by atoms with E-state index in [1.54, 1.807) is 0 Å². The van der Waals surface area contributed by atoms with Crippen LogP contribution < -0.4 is 49.9 Å². The molecule has 2 atom stereocenters. The number of aliphatic carboxylic acids is 1. The molecule has 2 aliphatic carbocycles. The largest absolute Gasteiger partial charge is 1.00 e. The molecule has 4 saturated heterocycles. The zero-order valence-electron chi connectivity index (χ0n) is 47.2. The van der Waals surface area contributed by atoms with Crippen molar-refractivity contribution >= 4 is 80.5 Å². The number of fused-ring (bicyclic) bond motifs is 2. The molecule has 8 heterocycles. The predicted octanol–water partition coefficient (Wildman–Crippen LogP) is 5.36. The van der Waals surface area contributed by atoms with Gasteiger partial charge in [0.2, 0.25) is 11.9 Å². The zero-order chi connectivity index (χ0) is 53.9. The maximum atomic E-state index is 11.6. The first-order valence-electron chi connectivity index (χ1n) is 29.0.